The summed E-state index contributed by atoms with van der Waals surface area (Å²) in [4.78, 5) is 41.5. The molecule has 3 rings (SSSR count). The Kier molecular flexibility index (Phi) is 8.71. The summed E-state index contributed by atoms with van der Waals surface area (Å²) in [5, 5.41) is 15.0. The summed E-state index contributed by atoms with van der Waals surface area (Å²) in [6.45, 7) is 0. The third-order valence-corrected chi connectivity index (χ3v) is 5.20. The number of rotatable bonds is 11. The lowest BCUT2D eigenvalue weighted by atomic mass is 10.0. The Morgan fingerprint density at radius 3 is 1.88 bits per heavy atom. The topological polar surface area (TPSA) is 108 Å². The predicted molar refractivity (Wildman–Crippen MR) is 124 cm³/mol. The number of carboxylic acids is 1. The third-order valence-electron chi connectivity index (χ3n) is 5.20. The van der Waals surface area contributed by atoms with Crippen molar-refractivity contribution >= 4 is 17.8 Å². The summed E-state index contributed by atoms with van der Waals surface area (Å²) in [7, 11) is 0. The summed E-state index contributed by atoms with van der Waals surface area (Å²) in [5.41, 5.74) is 2.58. The van der Waals surface area contributed by atoms with E-state index in [0.29, 0.717) is 6.42 Å². The van der Waals surface area contributed by atoms with Crippen LogP contribution in [-0.2, 0) is 33.6 Å². The number of nitrogens with zero attached hydrogens (tertiary/aromatic N) is 1. The van der Waals surface area contributed by atoms with Gasteiger partial charge in [0.15, 0.2) is 0 Å². The van der Waals surface area contributed by atoms with E-state index in [2.05, 4.69) is 15.6 Å². The minimum Gasteiger partial charge on any atom is -0.480 e. The van der Waals surface area contributed by atoms with Crippen LogP contribution >= 0.6 is 0 Å². The number of carbonyl (C=O) groups is 3. The molecule has 0 aliphatic rings. The number of carbonyl (C=O) groups excluding carboxylic acids is 2. The monoisotopic (exact) mass is 445 g/mol. The Hall–Kier alpha value is -4.00. The fourth-order valence-corrected chi connectivity index (χ4v) is 3.45. The summed E-state index contributed by atoms with van der Waals surface area (Å²) in [6, 6.07) is 20.1. The SMILES string of the molecule is O=C(CCc1cccnc1)N[C@@H](Cc1ccccc1)C(=O)N[C@@H](Cc1ccccc1)C(=O)O. The fourth-order valence-electron chi connectivity index (χ4n) is 3.45. The first-order chi connectivity index (χ1) is 16.0. The molecule has 0 saturated heterocycles. The van der Waals surface area contributed by atoms with Crippen molar-refractivity contribution in [3.05, 3.63) is 102 Å². The standard InChI is InChI=1S/C26H27N3O4/c30-24(14-13-21-12-7-15-27-18-21)28-22(16-19-8-3-1-4-9-19)25(31)29-23(26(32)33)17-20-10-5-2-6-11-20/h1-12,15,18,22-23H,13-14,16-17H2,(H,28,30)(H,29,31)(H,32,33)/t22-,23-/m0/s1. The fraction of sp³-hybridized carbons (Fsp3) is 0.231. The lowest BCUT2D eigenvalue weighted by Gasteiger charge is -2.22. The van der Waals surface area contributed by atoms with Crippen molar-refractivity contribution in [3.63, 3.8) is 0 Å². The van der Waals surface area contributed by atoms with Crippen molar-refractivity contribution in [2.24, 2.45) is 0 Å². The summed E-state index contributed by atoms with van der Waals surface area (Å²) < 4.78 is 0. The highest BCUT2D eigenvalue weighted by molar-refractivity contribution is 5.90. The number of pyridine rings is 1. The molecule has 0 bridgehead atoms. The molecule has 1 aromatic heterocycles. The van der Waals surface area contributed by atoms with Crippen LogP contribution in [0, 0.1) is 0 Å². The van der Waals surface area contributed by atoms with Crippen LogP contribution in [0.25, 0.3) is 0 Å². The molecule has 0 fully saturated rings. The number of nitrogens with one attached hydrogen (secondary N) is 2. The van der Waals surface area contributed by atoms with Crippen molar-refractivity contribution in [1.29, 1.82) is 0 Å². The average Bonchev–Trinajstić information content (AvgIpc) is 2.84. The average molecular weight is 446 g/mol. The molecule has 0 spiro atoms. The van der Waals surface area contributed by atoms with Crippen molar-refractivity contribution in [2.75, 3.05) is 0 Å². The Morgan fingerprint density at radius 1 is 0.758 bits per heavy atom. The number of aliphatic carboxylic acids is 1. The number of benzene rings is 2. The van der Waals surface area contributed by atoms with Crippen LogP contribution in [0.5, 0.6) is 0 Å². The maximum Gasteiger partial charge on any atom is 0.326 e. The first-order valence-corrected chi connectivity index (χ1v) is 10.8. The van der Waals surface area contributed by atoms with Crippen LogP contribution in [0.4, 0.5) is 0 Å². The van der Waals surface area contributed by atoms with Crippen LogP contribution < -0.4 is 10.6 Å². The molecule has 170 valence electrons. The number of hydrogen-bond acceptors (Lipinski definition) is 4. The maximum absolute atomic E-state index is 13.1. The zero-order valence-corrected chi connectivity index (χ0v) is 18.2. The Labute approximate surface area is 192 Å². The smallest absolute Gasteiger partial charge is 0.326 e. The molecular formula is C26H27N3O4. The molecule has 7 heteroatoms. The Balaban J connectivity index is 1.68. The zero-order chi connectivity index (χ0) is 23.5. The largest absolute Gasteiger partial charge is 0.480 e. The number of amides is 2. The van der Waals surface area contributed by atoms with Crippen LogP contribution in [0.15, 0.2) is 85.2 Å². The Morgan fingerprint density at radius 2 is 1.33 bits per heavy atom. The lowest BCUT2D eigenvalue weighted by Crippen LogP contribution is -2.53. The van der Waals surface area contributed by atoms with E-state index in [-0.39, 0.29) is 25.2 Å². The van der Waals surface area contributed by atoms with E-state index in [1.54, 1.807) is 18.5 Å². The van der Waals surface area contributed by atoms with E-state index in [4.69, 9.17) is 0 Å². The van der Waals surface area contributed by atoms with Gasteiger partial charge in [-0.05, 0) is 29.2 Å². The van der Waals surface area contributed by atoms with Gasteiger partial charge in [-0.15, -0.1) is 0 Å². The third kappa shape index (κ3) is 7.88. The molecule has 2 atom stereocenters. The van der Waals surface area contributed by atoms with Gasteiger partial charge in [-0.1, -0.05) is 66.7 Å². The van der Waals surface area contributed by atoms with Crippen LogP contribution in [0.1, 0.15) is 23.1 Å². The molecule has 1 heterocycles. The van der Waals surface area contributed by atoms with Gasteiger partial charge in [-0.25, -0.2) is 4.79 Å². The van der Waals surface area contributed by atoms with Gasteiger partial charge < -0.3 is 15.7 Å². The van der Waals surface area contributed by atoms with Crippen LogP contribution in [0.2, 0.25) is 0 Å². The highest BCUT2D eigenvalue weighted by Gasteiger charge is 2.27. The summed E-state index contributed by atoms with van der Waals surface area (Å²) in [5.74, 6) is -1.95. The van der Waals surface area contributed by atoms with E-state index < -0.39 is 24.0 Å². The molecule has 0 unspecified atom stereocenters. The molecule has 2 aromatic carbocycles. The van der Waals surface area contributed by atoms with Gasteiger partial charge in [0.1, 0.15) is 12.1 Å². The number of aromatic nitrogens is 1. The molecule has 2 amide bonds. The summed E-state index contributed by atoms with van der Waals surface area (Å²) in [6.07, 6.45) is 4.44. The molecule has 0 saturated carbocycles. The number of hydrogen-bond donors (Lipinski definition) is 3. The minimum absolute atomic E-state index is 0.148. The van der Waals surface area contributed by atoms with E-state index >= 15 is 0 Å². The van der Waals surface area contributed by atoms with Gasteiger partial charge in [0.2, 0.25) is 11.8 Å². The quantitative estimate of drug-likeness (QED) is 0.420. The van der Waals surface area contributed by atoms with Gasteiger partial charge in [0.25, 0.3) is 0 Å². The van der Waals surface area contributed by atoms with Gasteiger partial charge in [-0.2, -0.15) is 0 Å². The van der Waals surface area contributed by atoms with Gasteiger partial charge >= 0.3 is 5.97 Å². The van der Waals surface area contributed by atoms with E-state index in [9.17, 15) is 19.5 Å². The number of carboxylic acid groups (broad SMARTS) is 1. The van der Waals surface area contributed by atoms with Crippen molar-refractivity contribution in [3.8, 4) is 0 Å². The molecule has 7 nitrogen and oxygen atoms in total. The maximum atomic E-state index is 13.1. The van der Waals surface area contributed by atoms with Crippen LogP contribution in [-0.4, -0.2) is 40.0 Å². The molecule has 0 radical (unpaired) electrons. The first-order valence-electron chi connectivity index (χ1n) is 10.8. The van der Waals surface area contributed by atoms with E-state index in [1.807, 2.05) is 66.7 Å². The molecule has 0 aliphatic carbocycles. The molecule has 33 heavy (non-hydrogen) atoms. The van der Waals surface area contributed by atoms with E-state index in [0.717, 1.165) is 16.7 Å². The predicted octanol–water partition coefficient (Wildman–Crippen LogP) is 2.55. The first kappa shape index (κ1) is 23.7. The minimum atomic E-state index is -1.13. The molecular weight excluding hydrogens is 418 g/mol. The second-order valence-electron chi connectivity index (χ2n) is 7.76. The molecule has 0 aliphatic heterocycles. The second kappa shape index (κ2) is 12.1. The second-order valence-corrected chi connectivity index (χ2v) is 7.76. The highest BCUT2D eigenvalue weighted by Crippen LogP contribution is 2.08. The Bertz CT molecular complexity index is 1040. The van der Waals surface area contributed by atoms with E-state index in [1.165, 1.54) is 0 Å². The van der Waals surface area contributed by atoms with Gasteiger partial charge in [0, 0.05) is 31.7 Å². The zero-order valence-electron chi connectivity index (χ0n) is 18.2. The van der Waals surface area contributed by atoms with Crippen molar-refractivity contribution < 1.29 is 19.5 Å². The number of aryl methyl sites for hydroxylation is 1. The van der Waals surface area contributed by atoms with Crippen LogP contribution in [0.3, 0.4) is 0 Å². The normalized spacial score (nSPS) is 12.4. The lowest BCUT2D eigenvalue weighted by molar-refractivity contribution is -0.142. The van der Waals surface area contributed by atoms with Gasteiger partial charge in [-0.3, -0.25) is 14.6 Å². The van der Waals surface area contributed by atoms with Crippen molar-refractivity contribution in [2.45, 2.75) is 37.8 Å². The molecule has 3 N–H and O–H groups in total. The molecule has 3 aromatic rings. The van der Waals surface area contributed by atoms with Gasteiger partial charge in [0.05, 0.1) is 0 Å². The van der Waals surface area contributed by atoms with Crippen molar-refractivity contribution in [1.82, 2.24) is 15.6 Å². The summed E-state index contributed by atoms with van der Waals surface area (Å²) >= 11 is 0. The highest BCUT2D eigenvalue weighted by atomic mass is 16.4.